The third-order valence-electron chi connectivity index (χ3n) is 3.22. The summed E-state index contributed by atoms with van der Waals surface area (Å²) in [6.07, 6.45) is 4.13. The number of aromatic nitrogens is 2. The molecule has 0 amide bonds. The fourth-order valence-electron chi connectivity index (χ4n) is 1.90. The van der Waals surface area contributed by atoms with Crippen molar-refractivity contribution in [3.8, 4) is 5.75 Å². The molecule has 0 aliphatic rings. The third-order valence-corrected chi connectivity index (χ3v) is 4.37. The van der Waals surface area contributed by atoms with Crippen molar-refractivity contribution >= 4 is 11.9 Å². The third kappa shape index (κ3) is 5.27. The van der Waals surface area contributed by atoms with Gasteiger partial charge in [-0.05, 0) is 24.1 Å². The molecule has 6 heteroatoms. The highest BCUT2D eigenvalue weighted by atomic mass is 32.2. The zero-order valence-electron chi connectivity index (χ0n) is 12.8. The summed E-state index contributed by atoms with van der Waals surface area (Å²) in [5, 5.41) is 0.351. The molecule has 0 radical (unpaired) electrons. The predicted molar refractivity (Wildman–Crippen MR) is 87.2 cm³/mol. The number of hydrogen-bond acceptors (Lipinski definition) is 5. The van der Waals surface area contributed by atoms with Crippen LogP contribution in [0.5, 0.6) is 5.75 Å². The molecule has 1 heterocycles. The summed E-state index contributed by atoms with van der Waals surface area (Å²) in [5.74, 6) is 1.13. The molecule has 1 aromatic heterocycles. The maximum Gasteiger partial charge on any atom is 0.159 e. The quantitative estimate of drug-likeness (QED) is 0.755. The van der Waals surface area contributed by atoms with Gasteiger partial charge in [0.2, 0.25) is 0 Å². The lowest BCUT2D eigenvalue weighted by atomic mass is 10.2. The second-order valence-electron chi connectivity index (χ2n) is 4.84. The van der Waals surface area contributed by atoms with E-state index in [4.69, 9.17) is 4.74 Å². The molecule has 118 valence electrons. The number of halogens is 1. The van der Waals surface area contributed by atoms with Gasteiger partial charge >= 0.3 is 0 Å². The van der Waals surface area contributed by atoms with Gasteiger partial charge in [0.15, 0.2) is 5.82 Å². The zero-order chi connectivity index (χ0) is 15.8. The summed E-state index contributed by atoms with van der Waals surface area (Å²) in [6, 6.07) is 7.98. The second kappa shape index (κ2) is 8.70. The van der Waals surface area contributed by atoms with Crippen molar-refractivity contribution in [3.63, 3.8) is 0 Å². The van der Waals surface area contributed by atoms with Gasteiger partial charge in [0, 0.05) is 18.2 Å². The molecule has 0 spiro atoms. The smallest absolute Gasteiger partial charge is 0.159 e. The van der Waals surface area contributed by atoms with Crippen molar-refractivity contribution in [2.75, 3.05) is 7.11 Å². The van der Waals surface area contributed by atoms with Crippen LogP contribution >= 0.6 is 11.9 Å². The van der Waals surface area contributed by atoms with Crippen LogP contribution in [0.4, 0.5) is 4.39 Å². The van der Waals surface area contributed by atoms with E-state index in [0.717, 1.165) is 25.1 Å². The zero-order valence-corrected chi connectivity index (χ0v) is 13.6. The van der Waals surface area contributed by atoms with Gasteiger partial charge in [-0.3, -0.25) is 4.72 Å². The van der Waals surface area contributed by atoms with Gasteiger partial charge in [0.25, 0.3) is 0 Å². The molecular formula is C16H20FN3OS. The van der Waals surface area contributed by atoms with Crippen LogP contribution in [0, 0.1) is 5.82 Å². The van der Waals surface area contributed by atoms with Gasteiger partial charge in [-0.15, -0.1) is 0 Å². The molecule has 1 atom stereocenters. The Morgan fingerprint density at radius 3 is 2.50 bits per heavy atom. The number of nitrogens with one attached hydrogen (secondary N) is 1. The Bertz CT molecular complexity index is 563. The van der Waals surface area contributed by atoms with E-state index < -0.39 is 5.82 Å². The van der Waals surface area contributed by atoms with Crippen LogP contribution in [0.15, 0.2) is 36.7 Å². The molecule has 0 saturated heterocycles. The van der Waals surface area contributed by atoms with Crippen molar-refractivity contribution in [2.24, 2.45) is 0 Å². The molecule has 0 bridgehead atoms. The van der Waals surface area contributed by atoms with E-state index in [0.29, 0.717) is 11.1 Å². The Morgan fingerprint density at radius 2 is 1.91 bits per heavy atom. The van der Waals surface area contributed by atoms with E-state index in [1.54, 1.807) is 19.1 Å². The molecule has 1 unspecified atom stereocenters. The normalized spacial score (nSPS) is 12.1. The molecule has 0 aliphatic carbocycles. The summed E-state index contributed by atoms with van der Waals surface area (Å²) >= 11 is 1.67. The number of methoxy groups -OCH3 is 1. The Hall–Kier alpha value is -1.66. The van der Waals surface area contributed by atoms with Gasteiger partial charge in [-0.1, -0.05) is 31.0 Å². The van der Waals surface area contributed by atoms with Gasteiger partial charge in [-0.25, -0.2) is 14.4 Å². The molecule has 1 aromatic carbocycles. The highest BCUT2D eigenvalue weighted by molar-refractivity contribution is 7.98. The van der Waals surface area contributed by atoms with E-state index in [-0.39, 0.29) is 0 Å². The van der Waals surface area contributed by atoms with Crippen LogP contribution in [-0.4, -0.2) is 22.3 Å². The summed E-state index contributed by atoms with van der Waals surface area (Å²) in [7, 11) is 1.66. The van der Waals surface area contributed by atoms with Crippen LogP contribution in [0.25, 0.3) is 0 Å². The highest BCUT2D eigenvalue weighted by Gasteiger charge is 2.10. The van der Waals surface area contributed by atoms with Gasteiger partial charge in [0.1, 0.15) is 11.6 Å². The largest absolute Gasteiger partial charge is 0.497 e. The van der Waals surface area contributed by atoms with Crippen molar-refractivity contribution in [1.82, 2.24) is 14.7 Å². The highest BCUT2D eigenvalue weighted by Crippen LogP contribution is 2.17. The molecule has 0 fully saturated rings. The number of benzene rings is 1. The Morgan fingerprint density at radius 1 is 1.23 bits per heavy atom. The lowest BCUT2D eigenvalue weighted by Gasteiger charge is -2.14. The minimum absolute atomic E-state index is 0.351. The van der Waals surface area contributed by atoms with E-state index in [1.807, 2.05) is 24.3 Å². The SMILES string of the molecule is CCC(Cc1ncc(F)cn1)SNCc1ccc(OC)cc1. The van der Waals surface area contributed by atoms with Gasteiger partial charge in [-0.2, -0.15) is 0 Å². The molecule has 22 heavy (non-hydrogen) atoms. The van der Waals surface area contributed by atoms with Crippen molar-refractivity contribution in [2.45, 2.75) is 31.6 Å². The molecule has 0 saturated carbocycles. The van der Waals surface area contributed by atoms with Gasteiger partial charge in [0.05, 0.1) is 19.5 Å². The first-order chi connectivity index (χ1) is 10.7. The van der Waals surface area contributed by atoms with E-state index >= 15 is 0 Å². The van der Waals surface area contributed by atoms with Crippen LogP contribution in [0.3, 0.4) is 0 Å². The predicted octanol–water partition coefficient (Wildman–Crippen LogP) is 3.38. The molecule has 2 aromatic rings. The van der Waals surface area contributed by atoms with E-state index in [1.165, 1.54) is 18.0 Å². The van der Waals surface area contributed by atoms with E-state index in [9.17, 15) is 4.39 Å². The average molecular weight is 321 g/mol. The van der Waals surface area contributed by atoms with Crippen LogP contribution in [0.1, 0.15) is 24.7 Å². The maximum absolute atomic E-state index is 12.8. The monoisotopic (exact) mass is 321 g/mol. The lowest BCUT2D eigenvalue weighted by molar-refractivity contribution is 0.414. The summed E-state index contributed by atoms with van der Waals surface area (Å²) in [6.45, 7) is 2.89. The van der Waals surface area contributed by atoms with Crippen molar-refractivity contribution in [3.05, 3.63) is 53.9 Å². The van der Waals surface area contributed by atoms with Crippen LogP contribution < -0.4 is 9.46 Å². The second-order valence-corrected chi connectivity index (χ2v) is 6.03. The number of hydrogen-bond donors (Lipinski definition) is 1. The number of rotatable bonds is 8. The van der Waals surface area contributed by atoms with Gasteiger partial charge < -0.3 is 4.74 Å². The summed E-state index contributed by atoms with van der Waals surface area (Å²) < 4.78 is 21.3. The first-order valence-corrected chi connectivity index (χ1v) is 8.07. The van der Waals surface area contributed by atoms with Crippen molar-refractivity contribution < 1.29 is 9.13 Å². The minimum Gasteiger partial charge on any atom is -0.497 e. The van der Waals surface area contributed by atoms with E-state index in [2.05, 4.69) is 21.6 Å². The number of ether oxygens (including phenoxy) is 1. The average Bonchev–Trinajstić information content (AvgIpc) is 2.56. The van der Waals surface area contributed by atoms with Crippen molar-refractivity contribution in [1.29, 1.82) is 0 Å². The summed E-state index contributed by atoms with van der Waals surface area (Å²) in [4.78, 5) is 8.02. The fraction of sp³-hybridized carbons (Fsp3) is 0.375. The lowest BCUT2D eigenvalue weighted by Crippen LogP contribution is -2.15. The first kappa shape index (κ1) is 16.7. The molecule has 2 rings (SSSR count). The molecule has 0 aliphatic heterocycles. The molecular weight excluding hydrogens is 301 g/mol. The van der Waals surface area contributed by atoms with Crippen LogP contribution in [0.2, 0.25) is 0 Å². The number of nitrogens with zero attached hydrogens (tertiary/aromatic N) is 2. The first-order valence-electron chi connectivity index (χ1n) is 7.19. The molecule has 4 nitrogen and oxygen atoms in total. The Kier molecular flexibility index (Phi) is 6.61. The maximum atomic E-state index is 12.8. The molecule has 1 N–H and O–H groups in total. The van der Waals surface area contributed by atoms with Crippen LogP contribution in [-0.2, 0) is 13.0 Å². The standard InChI is InChI=1S/C16H20FN3OS/c1-3-15(8-16-18-10-13(17)11-19-16)22-20-9-12-4-6-14(21-2)7-5-12/h4-7,10-11,15,20H,3,8-9H2,1-2H3. The topological polar surface area (TPSA) is 47.0 Å². The fourth-order valence-corrected chi connectivity index (χ4v) is 2.79. The minimum atomic E-state index is -0.401. The Labute approximate surface area is 134 Å². The Balaban J connectivity index is 1.79. The summed E-state index contributed by atoms with van der Waals surface area (Å²) in [5.41, 5.74) is 1.20.